The van der Waals surface area contributed by atoms with Crippen molar-refractivity contribution in [1.82, 2.24) is 15.2 Å². The van der Waals surface area contributed by atoms with Crippen LogP contribution in [0.3, 0.4) is 0 Å². The van der Waals surface area contributed by atoms with Gasteiger partial charge in [-0.3, -0.25) is 4.72 Å². The molecule has 0 aliphatic heterocycles. The van der Waals surface area contributed by atoms with E-state index in [1.165, 1.54) is 18.3 Å². The van der Waals surface area contributed by atoms with Gasteiger partial charge in [0.2, 0.25) is 5.95 Å². The number of hydrogen-bond acceptors (Lipinski definition) is 4. The number of nitrogens with zero attached hydrogens (tertiary/aromatic N) is 2. The van der Waals surface area contributed by atoms with Gasteiger partial charge in [0, 0.05) is 9.92 Å². The maximum Gasteiger partial charge on any atom is 0.228 e. The van der Waals surface area contributed by atoms with Crippen LogP contribution in [0, 0.1) is 0 Å². The van der Waals surface area contributed by atoms with Crippen molar-refractivity contribution in [3.8, 4) is 0 Å². The Morgan fingerprint density at radius 3 is 2.71 bits per heavy atom. The highest BCUT2D eigenvalue weighted by Gasteiger charge is 1.96. The molecule has 4 nitrogen and oxygen atoms in total. The van der Waals surface area contributed by atoms with Gasteiger partial charge in [0.1, 0.15) is 6.33 Å². The maximum absolute atomic E-state index is 5.75. The second-order valence-corrected chi connectivity index (χ2v) is 3.81. The molecular weight excluding hydrogens is 220 g/mol. The number of nitrogens with one attached hydrogen (secondary N) is 2. The van der Waals surface area contributed by atoms with Gasteiger partial charge >= 0.3 is 0 Å². The van der Waals surface area contributed by atoms with Gasteiger partial charge in [-0.15, -0.1) is 0 Å². The highest BCUT2D eigenvalue weighted by Crippen LogP contribution is 2.20. The van der Waals surface area contributed by atoms with Gasteiger partial charge in [-0.25, -0.2) is 5.10 Å². The molecule has 0 unspecified atom stereocenters. The Kier molecular flexibility index (Phi) is 2.90. The highest BCUT2D eigenvalue weighted by atomic mass is 35.5. The van der Waals surface area contributed by atoms with Gasteiger partial charge in [0.25, 0.3) is 0 Å². The largest absolute Gasteiger partial charge is 0.294 e. The van der Waals surface area contributed by atoms with Crippen LogP contribution in [0.1, 0.15) is 0 Å². The topological polar surface area (TPSA) is 53.6 Å². The Morgan fingerprint density at radius 2 is 2.07 bits per heavy atom. The molecule has 1 aromatic carbocycles. The standard InChI is InChI=1S/C8H7ClN4S/c9-6-1-3-7(4-2-6)14-13-8-10-5-11-12-8/h1-5H,(H2,10,11,12,13). The van der Waals surface area contributed by atoms with E-state index in [1.54, 1.807) is 0 Å². The SMILES string of the molecule is Clc1ccc(SNc2ncn[nH]2)cc1. The van der Waals surface area contributed by atoms with E-state index < -0.39 is 0 Å². The van der Waals surface area contributed by atoms with Crippen LogP contribution >= 0.6 is 23.5 Å². The molecule has 72 valence electrons. The lowest BCUT2D eigenvalue weighted by atomic mass is 10.4. The van der Waals surface area contributed by atoms with Gasteiger partial charge in [0.15, 0.2) is 0 Å². The molecular formula is C8H7ClN4S. The highest BCUT2D eigenvalue weighted by molar-refractivity contribution is 8.00. The number of halogens is 1. The second-order valence-electron chi connectivity index (χ2n) is 2.49. The number of hydrogen-bond donors (Lipinski definition) is 2. The first-order valence-corrected chi connectivity index (χ1v) is 5.08. The maximum atomic E-state index is 5.75. The Bertz CT molecular complexity index is 386. The average Bonchev–Trinajstić information content (AvgIpc) is 2.70. The summed E-state index contributed by atoms with van der Waals surface area (Å²) in [5.74, 6) is 0.630. The Balaban J connectivity index is 1.95. The van der Waals surface area contributed by atoms with Crippen molar-refractivity contribution < 1.29 is 0 Å². The van der Waals surface area contributed by atoms with Crippen LogP contribution in [0.2, 0.25) is 5.02 Å². The Labute approximate surface area is 90.2 Å². The van der Waals surface area contributed by atoms with Crippen LogP contribution in [-0.4, -0.2) is 15.2 Å². The molecule has 2 rings (SSSR count). The van der Waals surface area contributed by atoms with Crippen LogP contribution in [0.4, 0.5) is 5.95 Å². The van der Waals surface area contributed by atoms with Crippen molar-refractivity contribution in [3.63, 3.8) is 0 Å². The normalized spacial score (nSPS) is 10.1. The number of H-pyrrole nitrogens is 1. The van der Waals surface area contributed by atoms with Crippen LogP contribution in [0.15, 0.2) is 35.5 Å². The molecule has 1 aromatic heterocycles. The van der Waals surface area contributed by atoms with E-state index in [1.807, 2.05) is 24.3 Å². The van der Waals surface area contributed by atoms with E-state index in [2.05, 4.69) is 19.9 Å². The number of anilines is 1. The summed E-state index contributed by atoms with van der Waals surface area (Å²) in [5.41, 5.74) is 0. The summed E-state index contributed by atoms with van der Waals surface area (Å²) in [5, 5.41) is 7.15. The molecule has 0 amide bonds. The fraction of sp³-hybridized carbons (Fsp3) is 0. The van der Waals surface area contributed by atoms with Gasteiger partial charge in [-0.1, -0.05) is 11.6 Å². The number of rotatable bonds is 3. The van der Waals surface area contributed by atoms with Crippen molar-refractivity contribution in [2.75, 3.05) is 4.72 Å². The molecule has 2 N–H and O–H groups in total. The minimum Gasteiger partial charge on any atom is -0.294 e. The summed E-state index contributed by atoms with van der Waals surface area (Å²) in [6.07, 6.45) is 1.45. The summed E-state index contributed by atoms with van der Waals surface area (Å²) in [4.78, 5) is 4.99. The first-order chi connectivity index (χ1) is 6.84. The molecule has 2 aromatic rings. The smallest absolute Gasteiger partial charge is 0.228 e. The molecule has 0 atom stereocenters. The summed E-state index contributed by atoms with van der Waals surface area (Å²) < 4.78 is 3.00. The first kappa shape index (κ1) is 9.36. The molecule has 0 fully saturated rings. The third kappa shape index (κ3) is 2.40. The third-order valence-electron chi connectivity index (χ3n) is 1.49. The van der Waals surface area contributed by atoms with Gasteiger partial charge in [0.05, 0.1) is 0 Å². The average molecular weight is 227 g/mol. The molecule has 0 aliphatic rings. The van der Waals surface area contributed by atoms with E-state index in [-0.39, 0.29) is 0 Å². The number of aromatic nitrogens is 3. The summed E-state index contributed by atoms with van der Waals surface area (Å²) >= 11 is 7.20. The molecule has 1 heterocycles. The van der Waals surface area contributed by atoms with E-state index >= 15 is 0 Å². The number of benzene rings is 1. The zero-order valence-electron chi connectivity index (χ0n) is 7.07. The molecule has 0 bridgehead atoms. The van der Waals surface area contributed by atoms with Crippen LogP contribution in [-0.2, 0) is 0 Å². The van der Waals surface area contributed by atoms with Crippen LogP contribution in [0.25, 0.3) is 0 Å². The van der Waals surface area contributed by atoms with Crippen molar-refractivity contribution >= 4 is 29.5 Å². The predicted octanol–water partition coefficient (Wildman–Crippen LogP) is 2.58. The molecule has 0 aliphatic carbocycles. The zero-order chi connectivity index (χ0) is 9.80. The quantitative estimate of drug-likeness (QED) is 0.790. The molecule has 0 radical (unpaired) electrons. The molecule has 0 spiro atoms. The van der Waals surface area contributed by atoms with Crippen LogP contribution in [0.5, 0.6) is 0 Å². The minimum atomic E-state index is 0.630. The van der Waals surface area contributed by atoms with Crippen molar-refractivity contribution in [1.29, 1.82) is 0 Å². The van der Waals surface area contributed by atoms with E-state index in [4.69, 9.17) is 11.6 Å². The summed E-state index contributed by atoms with van der Waals surface area (Å²) in [7, 11) is 0. The van der Waals surface area contributed by atoms with Gasteiger partial charge < -0.3 is 0 Å². The molecule has 0 saturated heterocycles. The van der Waals surface area contributed by atoms with Crippen LogP contribution < -0.4 is 4.72 Å². The monoisotopic (exact) mass is 226 g/mol. The lowest BCUT2D eigenvalue weighted by Crippen LogP contribution is -1.88. The number of aromatic amines is 1. The van der Waals surface area contributed by atoms with Gasteiger partial charge in [-0.2, -0.15) is 10.1 Å². The van der Waals surface area contributed by atoms with E-state index in [9.17, 15) is 0 Å². The lowest BCUT2D eigenvalue weighted by molar-refractivity contribution is 1.10. The zero-order valence-corrected chi connectivity index (χ0v) is 8.64. The van der Waals surface area contributed by atoms with Gasteiger partial charge in [-0.05, 0) is 36.2 Å². The van der Waals surface area contributed by atoms with E-state index in [0.717, 1.165) is 9.92 Å². The fourth-order valence-electron chi connectivity index (χ4n) is 0.865. The van der Waals surface area contributed by atoms with Crippen molar-refractivity contribution in [2.24, 2.45) is 0 Å². The van der Waals surface area contributed by atoms with E-state index in [0.29, 0.717) is 5.95 Å². The Morgan fingerprint density at radius 1 is 1.29 bits per heavy atom. The second kappa shape index (κ2) is 4.34. The van der Waals surface area contributed by atoms with Crippen molar-refractivity contribution in [3.05, 3.63) is 35.6 Å². The summed E-state index contributed by atoms with van der Waals surface area (Å²) in [6, 6.07) is 7.53. The minimum absolute atomic E-state index is 0.630. The molecule has 6 heteroatoms. The Hall–Kier alpha value is -1.20. The van der Waals surface area contributed by atoms with Crippen molar-refractivity contribution in [2.45, 2.75) is 4.90 Å². The predicted molar refractivity (Wildman–Crippen MR) is 57.3 cm³/mol. The first-order valence-electron chi connectivity index (χ1n) is 3.88. The summed E-state index contributed by atoms with van der Waals surface area (Å²) in [6.45, 7) is 0. The third-order valence-corrected chi connectivity index (χ3v) is 2.55. The molecule has 0 saturated carbocycles. The lowest BCUT2D eigenvalue weighted by Gasteiger charge is -2.00. The fourth-order valence-corrected chi connectivity index (χ4v) is 1.58. The molecule has 14 heavy (non-hydrogen) atoms.